The van der Waals surface area contributed by atoms with E-state index in [1.54, 1.807) is 0 Å². The van der Waals surface area contributed by atoms with Crippen LogP contribution in [0.1, 0.15) is 26.7 Å². The highest BCUT2D eigenvalue weighted by atomic mass is 16.6. The molecule has 0 amide bonds. The van der Waals surface area contributed by atoms with Crippen molar-refractivity contribution in [2.75, 3.05) is 13.2 Å². The summed E-state index contributed by atoms with van der Waals surface area (Å²) >= 11 is 0. The molecule has 0 aliphatic rings. The lowest BCUT2D eigenvalue weighted by molar-refractivity contribution is -0.166. The number of esters is 3. The van der Waals surface area contributed by atoms with Gasteiger partial charge in [0, 0.05) is 6.08 Å². The predicted molar refractivity (Wildman–Crippen MR) is 72.6 cm³/mol. The molecule has 0 spiro atoms. The van der Waals surface area contributed by atoms with Gasteiger partial charge >= 0.3 is 17.9 Å². The molecule has 1 unspecified atom stereocenters. The summed E-state index contributed by atoms with van der Waals surface area (Å²) in [5.41, 5.74) is 0. The van der Waals surface area contributed by atoms with Crippen LogP contribution in [0, 0.1) is 0 Å². The van der Waals surface area contributed by atoms with Crippen molar-refractivity contribution in [1.29, 1.82) is 0 Å². The Kier molecular flexibility index (Phi) is 9.08. The molecule has 0 aromatic carbocycles. The van der Waals surface area contributed by atoms with Gasteiger partial charge in [-0.1, -0.05) is 6.58 Å². The number of carbonyl (C=O) groups is 5. The minimum atomic E-state index is -1.08. The van der Waals surface area contributed by atoms with Crippen LogP contribution < -0.4 is 0 Å². The molecule has 0 radical (unpaired) electrons. The van der Waals surface area contributed by atoms with Gasteiger partial charge in [0.25, 0.3) is 0 Å². The van der Waals surface area contributed by atoms with Gasteiger partial charge in [0.2, 0.25) is 0 Å². The fourth-order valence-corrected chi connectivity index (χ4v) is 1.22. The normalized spacial score (nSPS) is 11.0. The topological polar surface area (TPSA) is 113 Å². The highest BCUT2D eigenvalue weighted by Gasteiger charge is 2.20. The summed E-state index contributed by atoms with van der Waals surface area (Å²) in [5.74, 6) is -3.17. The average Bonchev–Trinajstić information content (AvgIpc) is 2.39. The fourth-order valence-electron chi connectivity index (χ4n) is 1.22. The monoisotopic (exact) mass is 314 g/mol. The molecule has 8 heteroatoms. The Morgan fingerprint density at radius 1 is 0.909 bits per heavy atom. The van der Waals surface area contributed by atoms with E-state index < -0.39 is 49.2 Å². The van der Waals surface area contributed by atoms with Gasteiger partial charge in [-0.2, -0.15) is 0 Å². The van der Waals surface area contributed by atoms with Crippen LogP contribution in [-0.4, -0.2) is 48.8 Å². The first-order chi connectivity index (χ1) is 10.2. The van der Waals surface area contributed by atoms with E-state index in [1.807, 2.05) is 0 Å². The second kappa shape index (κ2) is 10.3. The van der Waals surface area contributed by atoms with Crippen molar-refractivity contribution in [3.63, 3.8) is 0 Å². The number of rotatable bonds is 10. The molecular formula is C14H18O8. The molecule has 0 N–H and O–H groups in total. The Balaban J connectivity index is 4.50. The van der Waals surface area contributed by atoms with Gasteiger partial charge in [-0.25, -0.2) is 4.79 Å². The minimum Gasteiger partial charge on any atom is -0.461 e. The van der Waals surface area contributed by atoms with Crippen LogP contribution >= 0.6 is 0 Å². The van der Waals surface area contributed by atoms with E-state index in [1.165, 1.54) is 13.8 Å². The quantitative estimate of drug-likeness (QED) is 0.242. The first-order valence-electron chi connectivity index (χ1n) is 6.37. The molecule has 0 rings (SSSR count). The van der Waals surface area contributed by atoms with E-state index >= 15 is 0 Å². The molecule has 122 valence electrons. The average molecular weight is 314 g/mol. The van der Waals surface area contributed by atoms with Gasteiger partial charge < -0.3 is 14.2 Å². The molecule has 1 atom stereocenters. The number of hydrogen-bond acceptors (Lipinski definition) is 8. The number of ether oxygens (including phenoxy) is 3. The first-order valence-corrected chi connectivity index (χ1v) is 6.37. The number of ketones is 2. The summed E-state index contributed by atoms with van der Waals surface area (Å²) in [6, 6.07) is 0. The Labute approximate surface area is 127 Å². The Morgan fingerprint density at radius 3 is 1.91 bits per heavy atom. The van der Waals surface area contributed by atoms with Gasteiger partial charge in [0.1, 0.15) is 37.6 Å². The molecule has 0 fully saturated rings. The highest BCUT2D eigenvalue weighted by Crippen LogP contribution is 2.01. The summed E-state index contributed by atoms with van der Waals surface area (Å²) in [5, 5.41) is 0. The molecule has 0 bridgehead atoms. The summed E-state index contributed by atoms with van der Waals surface area (Å²) < 4.78 is 14.3. The molecular weight excluding hydrogens is 296 g/mol. The third kappa shape index (κ3) is 10.3. The Bertz CT molecular complexity index is 465. The lowest BCUT2D eigenvalue weighted by Crippen LogP contribution is -2.31. The highest BCUT2D eigenvalue weighted by molar-refractivity contribution is 5.94. The fraction of sp³-hybridized carbons (Fsp3) is 0.500. The van der Waals surface area contributed by atoms with E-state index in [2.05, 4.69) is 6.58 Å². The van der Waals surface area contributed by atoms with Gasteiger partial charge in [0.15, 0.2) is 6.10 Å². The van der Waals surface area contributed by atoms with E-state index in [4.69, 9.17) is 14.2 Å². The SMILES string of the molecule is C=CC(=O)OCC(COC(=O)CC(C)=O)OC(=O)CC(C)=O. The molecule has 0 saturated heterocycles. The van der Waals surface area contributed by atoms with Crippen LogP contribution in [0.5, 0.6) is 0 Å². The maximum absolute atomic E-state index is 11.4. The van der Waals surface area contributed by atoms with Gasteiger partial charge in [0.05, 0.1) is 0 Å². The van der Waals surface area contributed by atoms with E-state index in [0.717, 1.165) is 6.08 Å². The predicted octanol–water partition coefficient (Wildman–Crippen LogP) is 0.129. The van der Waals surface area contributed by atoms with Crippen molar-refractivity contribution >= 4 is 29.5 Å². The Morgan fingerprint density at radius 2 is 1.41 bits per heavy atom. The van der Waals surface area contributed by atoms with Crippen molar-refractivity contribution < 1.29 is 38.2 Å². The number of carbonyl (C=O) groups excluding carboxylic acids is 5. The van der Waals surface area contributed by atoms with Gasteiger partial charge in [-0.05, 0) is 13.8 Å². The zero-order valence-electron chi connectivity index (χ0n) is 12.5. The lowest BCUT2D eigenvalue weighted by Gasteiger charge is -2.17. The zero-order chi connectivity index (χ0) is 17.1. The third-order valence-electron chi connectivity index (χ3n) is 2.09. The van der Waals surface area contributed by atoms with E-state index in [-0.39, 0.29) is 12.4 Å². The maximum Gasteiger partial charge on any atom is 0.330 e. The van der Waals surface area contributed by atoms with Crippen LogP contribution in [0.3, 0.4) is 0 Å². The zero-order valence-corrected chi connectivity index (χ0v) is 12.5. The van der Waals surface area contributed by atoms with Gasteiger partial charge in [-0.3, -0.25) is 19.2 Å². The van der Waals surface area contributed by atoms with Crippen molar-refractivity contribution in [2.45, 2.75) is 32.8 Å². The molecule has 0 aliphatic carbocycles. The molecule has 0 saturated carbocycles. The second-order valence-electron chi connectivity index (χ2n) is 4.39. The smallest absolute Gasteiger partial charge is 0.330 e. The lowest BCUT2D eigenvalue weighted by atomic mass is 10.3. The van der Waals surface area contributed by atoms with Gasteiger partial charge in [-0.15, -0.1) is 0 Å². The molecule has 0 aliphatic heterocycles. The van der Waals surface area contributed by atoms with Crippen LogP contribution in [0.25, 0.3) is 0 Å². The molecule has 22 heavy (non-hydrogen) atoms. The number of hydrogen-bond donors (Lipinski definition) is 0. The molecule has 0 aromatic rings. The summed E-state index contributed by atoms with van der Waals surface area (Å²) in [7, 11) is 0. The first kappa shape index (κ1) is 19.5. The molecule has 0 aromatic heterocycles. The summed E-state index contributed by atoms with van der Waals surface area (Å²) in [6.45, 7) is 4.85. The van der Waals surface area contributed by atoms with Crippen molar-refractivity contribution in [2.24, 2.45) is 0 Å². The summed E-state index contributed by atoms with van der Waals surface area (Å²) in [6.07, 6.45) is -1.03. The number of Topliss-reactive ketones (excluding diaryl/α,β-unsaturated/α-hetero) is 2. The van der Waals surface area contributed by atoms with E-state index in [0.29, 0.717) is 0 Å². The maximum atomic E-state index is 11.4. The molecule has 8 nitrogen and oxygen atoms in total. The second-order valence-corrected chi connectivity index (χ2v) is 4.39. The largest absolute Gasteiger partial charge is 0.461 e. The standard InChI is InChI=1S/C14H18O8/c1-4-12(17)20-7-11(22-14(19)6-10(3)16)8-21-13(18)5-9(2)15/h4,11H,1,5-8H2,2-3H3. The van der Waals surface area contributed by atoms with Crippen LogP contribution in [0.4, 0.5) is 0 Å². The minimum absolute atomic E-state index is 0.373. The third-order valence-corrected chi connectivity index (χ3v) is 2.09. The molecule has 0 heterocycles. The summed E-state index contributed by atoms with van der Waals surface area (Å²) in [4.78, 5) is 55.2. The van der Waals surface area contributed by atoms with Crippen LogP contribution in [0.2, 0.25) is 0 Å². The van der Waals surface area contributed by atoms with E-state index in [9.17, 15) is 24.0 Å². The van der Waals surface area contributed by atoms with Crippen molar-refractivity contribution in [1.82, 2.24) is 0 Å². The van der Waals surface area contributed by atoms with Crippen molar-refractivity contribution in [3.05, 3.63) is 12.7 Å². The van der Waals surface area contributed by atoms with Crippen molar-refractivity contribution in [3.8, 4) is 0 Å². The Hall–Kier alpha value is -2.51. The van der Waals surface area contributed by atoms with Crippen LogP contribution in [-0.2, 0) is 38.2 Å². The van der Waals surface area contributed by atoms with Crippen LogP contribution in [0.15, 0.2) is 12.7 Å².